The van der Waals surface area contributed by atoms with Crippen molar-refractivity contribution in [1.82, 2.24) is 25.6 Å². The number of H-pyrrole nitrogens is 1. The summed E-state index contributed by atoms with van der Waals surface area (Å²) >= 11 is 1.59. The highest BCUT2D eigenvalue weighted by atomic mass is 32.1. The van der Waals surface area contributed by atoms with E-state index in [-0.39, 0.29) is 5.91 Å². The second kappa shape index (κ2) is 9.59. The average molecular weight is 453 g/mol. The summed E-state index contributed by atoms with van der Waals surface area (Å²) in [5, 5.41) is 19.8. The smallest absolute Gasteiger partial charge is 0.248 e. The van der Waals surface area contributed by atoms with Crippen molar-refractivity contribution in [1.29, 1.82) is 0 Å². The molecule has 162 valence electrons. The lowest BCUT2D eigenvalue weighted by Crippen LogP contribution is -2.08. The maximum atomic E-state index is 12.4. The Morgan fingerprint density at radius 1 is 1.15 bits per heavy atom. The number of nitrogens with one attached hydrogen (secondary N) is 2. The van der Waals surface area contributed by atoms with E-state index in [9.17, 15) is 4.79 Å². The fourth-order valence-electron chi connectivity index (χ4n) is 3.46. The summed E-state index contributed by atoms with van der Waals surface area (Å²) in [4.78, 5) is 17.1. The number of anilines is 1. The first-order chi connectivity index (χ1) is 16.2. The van der Waals surface area contributed by atoms with Crippen LogP contribution in [0.3, 0.4) is 0 Å². The van der Waals surface area contributed by atoms with Gasteiger partial charge in [-0.15, -0.1) is 21.5 Å². The number of aromatic nitrogens is 5. The van der Waals surface area contributed by atoms with Gasteiger partial charge in [-0.05, 0) is 59.9 Å². The fourth-order valence-corrected chi connectivity index (χ4v) is 4.20. The summed E-state index contributed by atoms with van der Waals surface area (Å²) in [6.45, 7) is 0. The van der Waals surface area contributed by atoms with Gasteiger partial charge in [-0.1, -0.05) is 36.6 Å². The lowest BCUT2D eigenvalue weighted by atomic mass is 9.83. The van der Waals surface area contributed by atoms with E-state index in [1.165, 1.54) is 31.0 Å². The Bertz CT molecular complexity index is 1360. The largest absolute Gasteiger partial charge is 0.322 e. The molecule has 0 spiro atoms. The third-order valence-corrected chi connectivity index (χ3v) is 6.18. The number of benzene rings is 2. The van der Waals surface area contributed by atoms with E-state index in [2.05, 4.69) is 48.1 Å². The molecule has 0 aliphatic heterocycles. The number of hydrogen-bond donors (Lipinski definition) is 2. The molecule has 33 heavy (non-hydrogen) atoms. The molecule has 1 saturated carbocycles. The number of rotatable bonds is 5. The molecule has 0 radical (unpaired) electrons. The Balaban J connectivity index is 1.22. The number of aromatic amines is 1. The second-order valence-corrected chi connectivity index (χ2v) is 8.58. The molecule has 1 aliphatic rings. The van der Waals surface area contributed by atoms with Gasteiger partial charge < -0.3 is 5.32 Å². The standard InChI is InChI=1S/C25H20N6OS/c32-23(12-10-17-4-1-8-20(14-17)25-28-30-31-29-25)26-21-9-2-5-18(15-21)11-13-24-27-22(16-33-24)19-6-3-7-19/h1-2,4-5,8-10,12,14-16,19H,3,6-7H2,(H,26,32)(H,28,29,30,31)/b12-10-. The number of hydrogen-bond acceptors (Lipinski definition) is 6. The highest BCUT2D eigenvalue weighted by Crippen LogP contribution is 2.36. The number of thiazole rings is 1. The van der Waals surface area contributed by atoms with Gasteiger partial charge in [0, 0.05) is 34.2 Å². The Labute approximate surface area is 195 Å². The van der Waals surface area contributed by atoms with Crippen molar-refractivity contribution in [3.8, 4) is 23.2 Å². The van der Waals surface area contributed by atoms with Gasteiger partial charge in [0.15, 0.2) is 5.01 Å². The first-order valence-corrected chi connectivity index (χ1v) is 11.5. The van der Waals surface area contributed by atoms with Crippen molar-refractivity contribution in [3.05, 3.63) is 81.8 Å². The number of carbonyl (C=O) groups is 1. The zero-order valence-corrected chi connectivity index (χ0v) is 18.5. The number of nitrogens with zero attached hydrogens (tertiary/aromatic N) is 4. The summed E-state index contributed by atoms with van der Waals surface area (Å²) in [7, 11) is 0. The summed E-state index contributed by atoms with van der Waals surface area (Å²) < 4.78 is 0. The fraction of sp³-hybridized carbons (Fsp3) is 0.160. The van der Waals surface area contributed by atoms with Crippen molar-refractivity contribution >= 4 is 29.0 Å². The quantitative estimate of drug-likeness (QED) is 0.340. The van der Waals surface area contributed by atoms with Crippen molar-refractivity contribution < 1.29 is 4.79 Å². The van der Waals surface area contributed by atoms with E-state index in [1.807, 2.05) is 48.5 Å². The molecule has 7 nitrogen and oxygen atoms in total. The van der Waals surface area contributed by atoms with E-state index >= 15 is 0 Å². The molecule has 4 aromatic rings. The summed E-state index contributed by atoms with van der Waals surface area (Å²) in [6, 6.07) is 15.0. The van der Waals surface area contributed by atoms with Crippen LogP contribution in [0.4, 0.5) is 5.69 Å². The SMILES string of the molecule is O=C(/C=C\c1cccc(-c2nn[nH]n2)c1)Nc1cccc(C#Cc2nc(C3CCC3)cs2)c1. The molecule has 1 amide bonds. The normalized spacial score (nSPS) is 13.3. The molecule has 0 unspecified atom stereocenters. The van der Waals surface area contributed by atoms with E-state index in [4.69, 9.17) is 0 Å². The van der Waals surface area contributed by atoms with Gasteiger partial charge in [0.25, 0.3) is 0 Å². The van der Waals surface area contributed by atoms with Crippen molar-refractivity contribution in [2.24, 2.45) is 0 Å². The van der Waals surface area contributed by atoms with Crippen LogP contribution in [-0.2, 0) is 4.79 Å². The Morgan fingerprint density at radius 2 is 2.06 bits per heavy atom. The van der Waals surface area contributed by atoms with Crippen LogP contribution in [-0.4, -0.2) is 31.5 Å². The summed E-state index contributed by atoms with van der Waals surface area (Å²) in [5.74, 6) is 7.18. The summed E-state index contributed by atoms with van der Waals surface area (Å²) in [5.41, 5.74) is 4.36. The minimum atomic E-state index is -0.227. The molecule has 1 fully saturated rings. The first kappa shape index (κ1) is 20.8. The highest BCUT2D eigenvalue weighted by molar-refractivity contribution is 7.10. The van der Waals surface area contributed by atoms with Gasteiger partial charge >= 0.3 is 0 Å². The lowest BCUT2D eigenvalue weighted by molar-refractivity contribution is -0.111. The lowest BCUT2D eigenvalue weighted by Gasteiger charge is -2.22. The zero-order chi connectivity index (χ0) is 22.5. The Hall–Kier alpha value is -4.09. The first-order valence-electron chi connectivity index (χ1n) is 10.6. The minimum absolute atomic E-state index is 0.227. The van der Waals surface area contributed by atoms with Crippen LogP contribution < -0.4 is 5.32 Å². The number of tetrazole rings is 1. The van der Waals surface area contributed by atoms with Crippen LogP contribution in [0.5, 0.6) is 0 Å². The molecule has 1 aliphatic carbocycles. The highest BCUT2D eigenvalue weighted by Gasteiger charge is 2.21. The molecule has 5 rings (SSSR count). The molecule has 2 N–H and O–H groups in total. The van der Waals surface area contributed by atoms with Crippen LogP contribution >= 0.6 is 11.3 Å². The molecule has 0 saturated heterocycles. The zero-order valence-electron chi connectivity index (χ0n) is 17.7. The van der Waals surface area contributed by atoms with Crippen molar-refractivity contribution in [2.75, 3.05) is 5.32 Å². The number of carbonyl (C=O) groups excluding carboxylic acids is 1. The summed E-state index contributed by atoms with van der Waals surface area (Å²) in [6.07, 6.45) is 6.99. The van der Waals surface area contributed by atoms with Gasteiger partial charge in [-0.25, -0.2) is 4.98 Å². The van der Waals surface area contributed by atoms with Gasteiger partial charge in [-0.2, -0.15) is 5.21 Å². The Kier molecular flexibility index (Phi) is 6.04. The Morgan fingerprint density at radius 3 is 2.88 bits per heavy atom. The molecule has 0 bridgehead atoms. The van der Waals surface area contributed by atoms with E-state index in [0.29, 0.717) is 17.4 Å². The van der Waals surface area contributed by atoms with Gasteiger partial charge in [-0.3, -0.25) is 4.79 Å². The minimum Gasteiger partial charge on any atom is -0.322 e. The average Bonchev–Trinajstić information content (AvgIpc) is 3.48. The maximum absolute atomic E-state index is 12.4. The topological polar surface area (TPSA) is 96.5 Å². The van der Waals surface area contributed by atoms with Crippen molar-refractivity contribution in [2.45, 2.75) is 25.2 Å². The van der Waals surface area contributed by atoms with Crippen LogP contribution in [0.2, 0.25) is 0 Å². The van der Waals surface area contributed by atoms with Gasteiger partial charge in [0.1, 0.15) is 0 Å². The predicted molar refractivity (Wildman–Crippen MR) is 128 cm³/mol. The molecule has 2 heterocycles. The molecule has 8 heteroatoms. The second-order valence-electron chi connectivity index (χ2n) is 7.72. The van der Waals surface area contributed by atoms with E-state index in [0.717, 1.165) is 21.7 Å². The van der Waals surface area contributed by atoms with E-state index < -0.39 is 0 Å². The van der Waals surface area contributed by atoms with Crippen LogP contribution in [0.15, 0.2) is 60.0 Å². The van der Waals surface area contributed by atoms with Gasteiger partial charge in [0.2, 0.25) is 11.7 Å². The third-order valence-electron chi connectivity index (χ3n) is 5.41. The molecule has 2 aromatic heterocycles. The van der Waals surface area contributed by atoms with Crippen molar-refractivity contribution in [3.63, 3.8) is 0 Å². The molecular weight excluding hydrogens is 432 g/mol. The monoisotopic (exact) mass is 452 g/mol. The predicted octanol–water partition coefficient (Wildman–Crippen LogP) is 4.64. The number of amides is 1. The molecular formula is C25H20N6OS. The van der Waals surface area contributed by atoms with Crippen LogP contribution in [0.1, 0.15) is 47.0 Å². The van der Waals surface area contributed by atoms with Crippen LogP contribution in [0.25, 0.3) is 17.5 Å². The molecule has 0 atom stereocenters. The third kappa shape index (κ3) is 5.22. The van der Waals surface area contributed by atoms with Gasteiger partial charge in [0.05, 0.1) is 5.69 Å². The maximum Gasteiger partial charge on any atom is 0.248 e. The van der Waals surface area contributed by atoms with E-state index in [1.54, 1.807) is 17.4 Å². The van der Waals surface area contributed by atoms with Crippen LogP contribution in [0, 0.1) is 11.8 Å². The molecule has 2 aromatic carbocycles.